The van der Waals surface area contributed by atoms with Crippen LogP contribution in [0.1, 0.15) is 40.9 Å². The zero-order valence-corrected chi connectivity index (χ0v) is 21.2. The van der Waals surface area contributed by atoms with Crippen molar-refractivity contribution in [2.45, 2.75) is 37.9 Å². The minimum atomic E-state index is -3.02. The molecular weight excluding hydrogens is 579 g/mol. The molecule has 2 heterocycles. The summed E-state index contributed by atoms with van der Waals surface area (Å²) in [6, 6.07) is 4.50. The number of hydrogen-bond acceptors (Lipinski definition) is 4. The molecule has 11 heteroatoms. The van der Waals surface area contributed by atoms with Gasteiger partial charge in [0, 0.05) is 53.0 Å². The van der Waals surface area contributed by atoms with E-state index in [4.69, 9.17) is 0 Å². The average molecular weight is 604 g/mol. The first kappa shape index (κ1) is 24.5. The number of pyridine rings is 1. The highest BCUT2D eigenvalue weighted by Gasteiger charge is 2.67. The predicted octanol–water partition coefficient (Wildman–Crippen LogP) is 4.12. The van der Waals surface area contributed by atoms with Crippen LogP contribution in [0.5, 0.6) is 0 Å². The summed E-state index contributed by atoms with van der Waals surface area (Å²) in [7, 11) is 2.03. The first-order valence-electron chi connectivity index (χ1n) is 11.4. The number of anilines is 1. The summed E-state index contributed by atoms with van der Waals surface area (Å²) >= 11 is 1.82. The molecule has 1 aromatic heterocycles. The fraction of sp³-hybridized carbons (Fsp3) is 0.500. The van der Waals surface area contributed by atoms with E-state index < -0.39 is 35.8 Å². The number of fused-ring (bicyclic) bond motifs is 1. The summed E-state index contributed by atoms with van der Waals surface area (Å²) in [4.78, 5) is 28.2. The Morgan fingerprint density at radius 3 is 2.51 bits per heavy atom. The molecule has 1 amide bonds. The van der Waals surface area contributed by atoms with Gasteiger partial charge >= 0.3 is 0 Å². The van der Waals surface area contributed by atoms with Gasteiger partial charge in [-0.15, -0.1) is 0 Å². The molecule has 188 valence electrons. The van der Waals surface area contributed by atoms with Gasteiger partial charge < -0.3 is 20.1 Å². The number of carbonyl (C=O) groups is 1. The van der Waals surface area contributed by atoms with Gasteiger partial charge in [0.05, 0.1) is 11.3 Å². The van der Waals surface area contributed by atoms with E-state index in [9.17, 15) is 27.2 Å². The lowest BCUT2D eigenvalue weighted by atomic mass is 10.1. The average Bonchev–Trinajstić information content (AvgIpc) is 3.47. The largest absolute Gasteiger partial charge is 0.381 e. The molecule has 2 saturated carbocycles. The molecule has 2 unspecified atom stereocenters. The first-order chi connectivity index (χ1) is 16.5. The number of carbonyl (C=O) groups excluding carboxylic acids is 1. The van der Waals surface area contributed by atoms with Crippen LogP contribution in [0, 0.1) is 21.3 Å². The zero-order chi connectivity index (χ0) is 25.2. The van der Waals surface area contributed by atoms with Gasteiger partial charge in [0.1, 0.15) is 6.04 Å². The number of alkyl halides is 4. The van der Waals surface area contributed by atoms with Crippen LogP contribution < -0.4 is 16.2 Å². The Kier molecular flexibility index (Phi) is 6.14. The fourth-order valence-corrected chi connectivity index (χ4v) is 6.04. The Bertz CT molecular complexity index is 1220. The second kappa shape index (κ2) is 8.75. The standard InChI is InChI=1S/C24H25F4IN4O2/c1-11-21(24(11,27)28)33-10-16(17(6-18(33)34)31-20-14-8-32(2)9-15(14)20)23(35)30-7-12-4-3-5-13(19(12)29)22(25)26/h3-6,10-11,14-15,20-22,31H,7-9H2,1-2H3,(H,30,35)/t11-,14+,15?,20?,21-/m0/s1. The third kappa shape index (κ3) is 4.34. The number of nitrogens with one attached hydrogen (secondary N) is 2. The van der Waals surface area contributed by atoms with Crippen LogP contribution in [0.3, 0.4) is 0 Å². The van der Waals surface area contributed by atoms with Crippen molar-refractivity contribution < 1.29 is 22.4 Å². The highest BCUT2D eigenvalue weighted by atomic mass is 127. The summed E-state index contributed by atoms with van der Waals surface area (Å²) in [5.74, 6) is -3.78. The first-order valence-corrected chi connectivity index (χ1v) is 12.5. The quantitative estimate of drug-likeness (QED) is 0.369. The summed E-state index contributed by atoms with van der Waals surface area (Å²) in [6.07, 6.45) is -1.44. The molecule has 2 N–H and O–H groups in total. The lowest BCUT2D eigenvalue weighted by Crippen LogP contribution is -2.30. The van der Waals surface area contributed by atoms with E-state index >= 15 is 0 Å². The molecule has 2 aromatic rings. The van der Waals surface area contributed by atoms with Gasteiger partial charge in [0.25, 0.3) is 23.8 Å². The van der Waals surface area contributed by atoms with E-state index in [1.54, 1.807) is 6.07 Å². The zero-order valence-electron chi connectivity index (χ0n) is 19.1. The normalized spacial score (nSPS) is 28.6. The molecule has 1 saturated heterocycles. The molecule has 0 bridgehead atoms. The molecular formula is C24H25F4IN4O2. The lowest BCUT2D eigenvalue weighted by Gasteiger charge is -2.18. The van der Waals surface area contributed by atoms with Crippen molar-refractivity contribution in [1.29, 1.82) is 0 Å². The Hall–Kier alpha value is -2.15. The number of aromatic nitrogens is 1. The van der Waals surface area contributed by atoms with Crippen molar-refractivity contribution in [1.82, 2.24) is 14.8 Å². The van der Waals surface area contributed by atoms with Gasteiger partial charge in [-0.2, -0.15) is 0 Å². The minimum Gasteiger partial charge on any atom is -0.381 e. The topological polar surface area (TPSA) is 66.4 Å². The summed E-state index contributed by atoms with van der Waals surface area (Å²) in [5.41, 5.74) is 0.182. The molecule has 3 aliphatic rings. The SMILES string of the molecule is C[C@H]1[C@H](n2cc(C(=O)NCc3cccc(C(F)F)c3I)c(NC3C4CN(C)C[C@H]43)cc2=O)C1(F)F. The Labute approximate surface area is 213 Å². The predicted molar refractivity (Wildman–Crippen MR) is 131 cm³/mol. The Morgan fingerprint density at radius 2 is 1.91 bits per heavy atom. The van der Waals surface area contributed by atoms with Crippen LogP contribution in [0.2, 0.25) is 0 Å². The van der Waals surface area contributed by atoms with Crippen LogP contribution in [-0.4, -0.2) is 47.5 Å². The smallest absolute Gasteiger partial charge is 0.273 e. The Morgan fingerprint density at radius 1 is 1.26 bits per heavy atom. The molecule has 5 rings (SSSR count). The van der Waals surface area contributed by atoms with E-state index in [-0.39, 0.29) is 23.7 Å². The van der Waals surface area contributed by atoms with Gasteiger partial charge in [-0.3, -0.25) is 9.59 Å². The van der Waals surface area contributed by atoms with E-state index in [1.807, 2.05) is 29.6 Å². The monoisotopic (exact) mass is 604 g/mol. The summed E-state index contributed by atoms with van der Waals surface area (Å²) in [5, 5.41) is 6.00. The Balaban J connectivity index is 1.41. The number of nitrogens with zero attached hydrogens (tertiary/aromatic N) is 2. The van der Waals surface area contributed by atoms with Crippen molar-refractivity contribution in [2.75, 3.05) is 25.5 Å². The maximum atomic E-state index is 14.1. The molecule has 3 fully saturated rings. The van der Waals surface area contributed by atoms with Crippen molar-refractivity contribution in [3.8, 4) is 0 Å². The van der Waals surface area contributed by atoms with Gasteiger partial charge in [-0.1, -0.05) is 25.1 Å². The molecule has 5 atom stereocenters. The van der Waals surface area contributed by atoms with Crippen molar-refractivity contribution in [2.24, 2.45) is 17.8 Å². The number of amides is 1. The summed E-state index contributed by atoms with van der Waals surface area (Å²) < 4.78 is 55.9. The molecule has 0 spiro atoms. The van der Waals surface area contributed by atoms with E-state index in [0.29, 0.717) is 26.7 Å². The maximum absolute atomic E-state index is 14.1. The maximum Gasteiger partial charge on any atom is 0.273 e. The number of piperidine rings is 1. The van der Waals surface area contributed by atoms with Crippen LogP contribution in [0.25, 0.3) is 0 Å². The van der Waals surface area contributed by atoms with Crippen LogP contribution in [0.4, 0.5) is 23.2 Å². The van der Waals surface area contributed by atoms with E-state index in [1.165, 1.54) is 31.3 Å². The van der Waals surface area contributed by atoms with Gasteiger partial charge in [-0.05, 0) is 47.0 Å². The molecule has 6 nitrogen and oxygen atoms in total. The number of likely N-dealkylation sites (tertiary alicyclic amines) is 1. The molecule has 35 heavy (non-hydrogen) atoms. The van der Waals surface area contributed by atoms with Crippen molar-refractivity contribution >= 4 is 34.2 Å². The van der Waals surface area contributed by atoms with Gasteiger partial charge in [0.2, 0.25) is 0 Å². The molecule has 0 radical (unpaired) electrons. The van der Waals surface area contributed by atoms with Gasteiger partial charge in [-0.25, -0.2) is 17.6 Å². The number of benzene rings is 1. The second-order valence-electron chi connectivity index (χ2n) is 9.78. The number of rotatable bonds is 7. The van der Waals surface area contributed by atoms with Crippen LogP contribution in [0.15, 0.2) is 35.3 Å². The van der Waals surface area contributed by atoms with Crippen LogP contribution >= 0.6 is 22.6 Å². The summed E-state index contributed by atoms with van der Waals surface area (Å²) in [6.45, 7) is 3.16. The van der Waals surface area contributed by atoms with E-state index in [2.05, 4.69) is 15.5 Å². The highest BCUT2D eigenvalue weighted by molar-refractivity contribution is 14.1. The minimum absolute atomic E-state index is 0.0221. The molecule has 2 aliphatic carbocycles. The van der Waals surface area contributed by atoms with Crippen molar-refractivity contribution in [3.63, 3.8) is 0 Å². The third-order valence-electron chi connectivity index (χ3n) is 7.47. The second-order valence-corrected chi connectivity index (χ2v) is 10.9. The van der Waals surface area contributed by atoms with Gasteiger partial charge in [0.15, 0.2) is 0 Å². The van der Waals surface area contributed by atoms with E-state index in [0.717, 1.165) is 17.7 Å². The fourth-order valence-electron chi connectivity index (χ4n) is 5.26. The highest BCUT2D eigenvalue weighted by Crippen LogP contribution is 2.58. The lowest BCUT2D eigenvalue weighted by molar-refractivity contribution is 0.0869. The number of hydrogen-bond donors (Lipinski definition) is 2. The molecule has 1 aliphatic heterocycles. The number of halogens is 5. The van der Waals surface area contributed by atoms with Crippen LogP contribution in [-0.2, 0) is 6.54 Å². The molecule has 1 aromatic carbocycles. The third-order valence-corrected chi connectivity index (χ3v) is 8.79. The van der Waals surface area contributed by atoms with Crippen molar-refractivity contribution in [3.05, 3.63) is 61.1 Å².